The minimum Gasteiger partial charge on any atom is -0.465 e. The Kier molecular flexibility index (Phi) is 5.44. The number of ether oxygens (including phenoxy) is 2. The van der Waals surface area contributed by atoms with Crippen LogP contribution in [0.15, 0.2) is 48.5 Å². The number of rotatable bonds is 6. The van der Waals surface area contributed by atoms with Crippen molar-refractivity contribution < 1.29 is 40.6 Å². The van der Waals surface area contributed by atoms with Crippen LogP contribution in [0.4, 0.5) is 26.3 Å². The molecule has 0 bridgehead atoms. The van der Waals surface area contributed by atoms with Crippen molar-refractivity contribution in [1.82, 2.24) is 0 Å². The molecule has 0 saturated heterocycles. The normalized spacial score (nSPS) is 12.6. The maximum atomic E-state index is 13.8. The summed E-state index contributed by atoms with van der Waals surface area (Å²) < 4.78 is 90.1. The van der Waals surface area contributed by atoms with E-state index in [-0.39, 0.29) is 24.0 Å². The molecule has 0 radical (unpaired) electrons. The molecule has 0 aliphatic carbocycles. The Morgan fingerprint density at radius 2 is 1.26 bits per heavy atom. The van der Waals surface area contributed by atoms with Crippen LogP contribution in [-0.2, 0) is 10.7 Å². The van der Waals surface area contributed by atoms with Crippen molar-refractivity contribution in [2.45, 2.75) is 24.7 Å². The van der Waals surface area contributed by atoms with Gasteiger partial charge >= 0.3 is 23.7 Å². The fourth-order valence-corrected chi connectivity index (χ4v) is 2.10. The zero-order valence-electron chi connectivity index (χ0n) is 14.1. The third-order valence-electron chi connectivity index (χ3n) is 3.67. The number of esters is 1. The number of carbonyl (C=O) groups is 1. The standard InChI is InChI=1S/C18H14F6O3/c1-16(19,20)18(23,24)17(21,22)12-5-9-14(10-6-12)27-13-7-3-11(4-8-13)15(25)26-2/h3-10H,1-2H3. The molecule has 9 heteroatoms. The van der Waals surface area contributed by atoms with Gasteiger partial charge in [-0.3, -0.25) is 0 Å². The molecule has 2 rings (SSSR count). The van der Waals surface area contributed by atoms with Gasteiger partial charge in [-0.2, -0.15) is 26.3 Å². The molecule has 0 fully saturated rings. The lowest BCUT2D eigenvalue weighted by atomic mass is 9.98. The van der Waals surface area contributed by atoms with Crippen molar-refractivity contribution in [3.05, 3.63) is 59.7 Å². The molecular formula is C18H14F6O3. The number of carbonyl (C=O) groups excluding carboxylic acids is 1. The van der Waals surface area contributed by atoms with E-state index in [0.717, 1.165) is 12.1 Å². The van der Waals surface area contributed by atoms with E-state index in [4.69, 9.17) is 4.74 Å². The molecule has 0 saturated carbocycles. The van der Waals surface area contributed by atoms with Gasteiger partial charge in [-0.25, -0.2) is 4.79 Å². The Labute approximate surface area is 150 Å². The van der Waals surface area contributed by atoms with Crippen LogP contribution in [0.25, 0.3) is 0 Å². The summed E-state index contributed by atoms with van der Waals surface area (Å²) in [6.45, 7) is -0.267. The van der Waals surface area contributed by atoms with Gasteiger partial charge in [-0.15, -0.1) is 0 Å². The van der Waals surface area contributed by atoms with Crippen LogP contribution in [0.3, 0.4) is 0 Å². The minimum absolute atomic E-state index is 0.00643. The van der Waals surface area contributed by atoms with Crippen LogP contribution < -0.4 is 4.74 Å². The van der Waals surface area contributed by atoms with Gasteiger partial charge in [-0.05, 0) is 48.5 Å². The third kappa shape index (κ3) is 4.01. The first-order chi connectivity index (χ1) is 12.4. The SMILES string of the molecule is COC(=O)c1ccc(Oc2ccc(C(F)(F)C(F)(F)C(C)(F)F)cc2)cc1. The molecule has 0 atom stereocenters. The highest BCUT2D eigenvalue weighted by atomic mass is 19.3. The van der Waals surface area contributed by atoms with Gasteiger partial charge < -0.3 is 9.47 Å². The third-order valence-corrected chi connectivity index (χ3v) is 3.67. The second-order valence-corrected chi connectivity index (χ2v) is 5.68. The van der Waals surface area contributed by atoms with Crippen LogP contribution in [0.5, 0.6) is 11.5 Å². The second-order valence-electron chi connectivity index (χ2n) is 5.68. The Morgan fingerprint density at radius 3 is 1.67 bits per heavy atom. The number of alkyl halides is 6. The van der Waals surface area contributed by atoms with Gasteiger partial charge in [0.15, 0.2) is 0 Å². The minimum atomic E-state index is -5.56. The largest absolute Gasteiger partial charge is 0.465 e. The Hall–Kier alpha value is -2.71. The summed E-state index contributed by atoms with van der Waals surface area (Å²) in [6, 6.07) is 8.65. The van der Waals surface area contributed by atoms with Gasteiger partial charge in [0, 0.05) is 12.5 Å². The highest BCUT2D eigenvalue weighted by Crippen LogP contribution is 2.51. The number of benzene rings is 2. The second kappa shape index (κ2) is 7.13. The number of methoxy groups -OCH3 is 1. The predicted octanol–water partition coefficient (Wildman–Crippen LogP) is 5.65. The first kappa shape index (κ1) is 20.6. The lowest BCUT2D eigenvalue weighted by Crippen LogP contribution is -2.50. The molecule has 0 heterocycles. The predicted molar refractivity (Wildman–Crippen MR) is 83.8 cm³/mol. The van der Waals surface area contributed by atoms with Crippen LogP contribution >= 0.6 is 0 Å². The van der Waals surface area contributed by atoms with E-state index in [1.807, 2.05) is 0 Å². The van der Waals surface area contributed by atoms with Gasteiger partial charge in [0.1, 0.15) is 11.5 Å². The van der Waals surface area contributed by atoms with E-state index in [0.29, 0.717) is 12.1 Å². The molecule has 2 aromatic rings. The Balaban J connectivity index is 2.19. The summed E-state index contributed by atoms with van der Waals surface area (Å²) in [6.07, 6.45) is 0. The van der Waals surface area contributed by atoms with Crippen LogP contribution in [0.2, 0.25) is 0 Å². The van der Waals surface area contributed by atoms with Gasteiger partial charge in [0.25, 0.3) is 0 Å². The zero-order valence-corrected chi connectivity index (χ0v) is 14.1. The molecular weight excluding hydrogens is 378 g/mol. The van der Waals surface area contributed by atoms with Crippen LogP contribution in [0.1, 0.15) is 22.8 Å². The molecule has 27 heavy (non-hydrogen) atoms. The van der Waals surface area contributed by atoms with Gasteiger partial charge in [0.2, 0.25) is 0 Å². The average molecular weight is 392 g/mol. The lowest BCUT2D eigenvalue weighted by molar-refractivity contribution is -0.308. The van der Waals surface area contributed by atoms with Crippen molar-refractivity contribution in [2.75, 3.05) is 7.11 Å². The van der Waals surface area contributed by atoms with Crippen molar-refractivity contribution in [3.8, 4) is 11.5 Å². The highest BCUT2D eigenvalue weighted by molar-refractivity contribution is 5.89. The average Bonchev–Trinajstić information content (AvgIpc) is 2.61. The van der Waals surface area contributed by atoms with Crippen molar-refractivity contribution in [2.24, 2.45) is 0 Å². The lowest BCUT2D eigenvalue weighted by Gasteiger charge is -2.31. The first-order valence-electron chi connectivity index (χ1n) is 7.50. The van der Waals surface area contributed by atoms with Crippen molar-refractivity contribution in [1.29, 1.82) is 0 Å². The van der Waals surface area contributed by atoms with E-state index in [1.54, 1.807) is 0 Å². The molecule has 0 unspecified atom stereocenters. The molecule has 0 N–H and O–H groups in total. The molecule has 0 aromatic heterocycles. The topological polar surface area (TPSA) is 35.5 Å². The molecule has 2 aromatic carbocycles. The Bertz CT molecular complexity index is 795. The fourth-order valence-electron chi connectivity index (χ4n) is 2.10. The van der Waals surface area contributed by atoms with E-state index < -0.39 is 29.3 Å². The fraction of sp³-hybridized carbons (Fsp3) is 0.278. The molecule has 0 aliphatic rings. The summed E-state index contributed by atoms with van der Waals surface area (Å²) in [5.41, 5.74) is -1.02. The molecule has 0 spiro atoms. The summed E-state index contributed by atoms with van der Waals surface area (Å²) in [5, 5.41) is 0. The van der Waals surface area contributed by atoms with Crippen molar-refractivity contribution >= 4 is 5.97 Å². The molecule has 3 nitrogen and oxygen atoms in total. The van der Waals surface area contributed by atoms with Gasteiger partial charge in [0.05, 0.1) is 12.7 Å². The summed E-state index contributed by atoms with van der Waals surface area (Å²) in [7, 11) is 1.21. The first-order valence-corrected chi connectivity index (χ1v) is 7.50. The van der Waals surface area contributed by atoms with Gasteiger partial charge in [-0.1, -0.05) is 0 Å². The maximum absolute atomic E-state index is 13.8. The van der Waals surface area contributed by atoms with E-state index in [9.17, 15) is 31.1 Å². The summed E-state index contributed by atoms with van der Waals surface area (Å²) >= 11 is 0. The van der Waals surface area contributed by atoms with Crippen LogP contribution in [-0.4, -0.2) is 24.9 Å². The maximum Gasteiger partial charge on any atom is 0.375 e. The van der Waals surface area contributed by atoms with E-state index >= 15 is 0 Å². The Morgan fingerprint density at radius 1 is 0.815 bits per heavy atom. The quantitative estimate of drug-likeness (QED) is 0.471. The van der Waals surface area contributed by atoms with Crippen molar-refractivity contribution in [3.63, 3.8) is 0 Å². The highest BCUT2D eigenvalue weighted by Gasteiger charge is 2.69. The van der Waals surface area contributed by atoms with E-state index in [2.05, 4.69) is 4.74 Å². The smallest absolute Gasteiger partial charge is 0.375 e. The monoisotopic (exact) mass is 392 g/mol. The number of halogens is 6. The van der Waals surface area contributed by atoms with Crippen LogP contribution in [0, 0.1) is 0 Å². The molecule has 0 aliphatic heterocycles. The zero-order chi connectivity index (χ0) is 20.5. The molecule has 0 amide bonds. The van der Waals surface area contributed by atoms with E-state index in [1.165, 1.54) is 31.4 Å². The summed E-state index contributed by atoms with van der Waals surface area (Å²) in [5.74, 6) is -15.9. The molecule has 146 valence electrons. The number of hydrogen-bond donors (Lipinski definition) is 0. The summed E-state index contributed by atoms with van der Waals surface area (Å²) in [4.78, 5) is 11.3. The number of hydrogen-bond acceptors (Lipinski definition) is 3.